The smallest absolute Gasteiger partial charge is 0.0192 e. The van der Waals surface area contributed by atoms with Gasteiger partial charge < -0.3 is 15.1 Å². The van der Waals surface area contributed by atoms with E-state index in [1.165, 1.54) is 58.4 Å². The highest BCUT2D eigenvalue weighted by molar-refractivity contribution is 4.76. The molecule has 0 aliphatic carbocycles. The normalized spacial score (nSPS) is 23.1. The topological polar surface area (TPSA) is 18.5 Å². The van der Waals surface area contributed by atoms with Crippen molar-refractivity contribution in [2.24, 2.45) is 0 Å². The first-order valence-corrected chi connectivity index (χ1v) is 7.37. The molecule has 0 aromatic carbocycles. The highest BCUT2D eigenvalue weighted by Crippen LogP contribution is 2.08. The highest BCUT2D eigenvalue weighted by atomic mass is 15.3. The van der Waals surface area contributed by atoms with E-state index in [0.29, 0.717) is 0 Å². The van der Waals surface area contributed by atoms with Crippen molar-refractivity contribution in [3.8, 4) is 0 Å². The van der Waals surface area contributed by atoms with Crippen LogP contribution in [0.25, 0.3) is 0 Å². The summed E-state index contributed by atoms with van der Waals surface area (Å²) in [5, 5.41) is 3.38. The van der Waals surface area contributed by atoms with E-state index < -0.39 is 0 Å². The Morgan fingerprint density at radius 3 is 2.59 bits per heavy atom. The molecule has 0 saturated carbocycles. The predicted molar refractivity (Wildman–Crippen MR) is 75.5 cm³/mol. The highest BCUT2D eigenvalue weighted by Gasteiger charge is 2.19. The maximum atomic E-state index is 3.38. The van der Waals surface area contributed by atoms with E-state index in [-0.39, 0.29) is 0 Å². The van der Waals surface area contributed by atoms with Crippen molar-refractivity contribution in [1.82, 2.24) is 15.1 Å². The molecule has 1 rings (SSSR count). The molecule has 1 atom stereocenters. The van der Waals surface area contributed by atoms with Gasteiger partial charge in [-0.05, 0) is 46.4 Å². The van der Waals surface area contributed by atoms with Crippen molar-refractivity contribution < 1.29 is 0 Å². The molecule has 3 nitrogen and oxygen atoms in total. The van der Waals surface area contributed by atoms with Gasteiger partial charge in [0.15, 0.2) is 0 Å². The quantitative estimate of drug-likeness (QED) is 0.654. The molecule has 1 heterocycles. The molecule has 0 aromatic heterocycles. The van der Waals surface area contributed by atoms with Crippen LogP contribution in [-0.2, 0) is 0 Å². The Labute approximate surface area is 108 Å². The summed E-state index contributed by atoms with van der Waals surface area (Å²) in [5.74, 6) is 0. The molecule has 1 aliphatic heterocycles. The summed E-state index contributed by atoms with van der Waals surface area (Å²) in [6.45, 7) is 11.9. The number of piperazine rings is 1. The second-order valence-electron chi connectivity index (χ2n) is 5.40. The van der Waals surface area contributed by atoms with E-state index in [1.807, 2.05) is 0 Å². The Hall–Kier alpha value is -0.120. The first kappa shape index (κ1) is 14.9. The third kappa shape index (κ3) is 6.39. The van der Waals surface area contributed by atoms with Crippen molar-refractivity contribution in [2.45, 2.75) is 45.6 Å². The van der Waals surface area contributed by atoms with Gasteiger partial charge in [0.1, 0.15) is 0 Å². The summed E-state index contributed by atoms with van der Waals surface area (Å²) in [4.78, 5) is 5.10. The van der Waals surface area contributed by atoms with E-state index in [1.54, 1.807) is 0 Å². The van der Waals surface area contributed by atoms with Crippen molar-refractivity contribution in [1.29, 1.82) is 0 Å². The van der Waals surface area contributed by atoms with Gasteiger partial charge in [0, 0.05) is 25.7 Å². The van der Waals surface area contributed by atoms with E-state index >= 15 is 0 Å². The minimum atomic E-state index is 0.734. The van der Waals surface area contributed by atoms with Crippen LogP contribution in [0.5, 0.6) is 0 Å². The third-order valence-electron chi connectivity index (χ3n) is 3.87. The fourth-order valence-corrected chi connectivity index (χ4v) is 2.44. The number of unbranched alkanes of at least 4 members (excludes halogenated alkanes) is 3. The molecule has 1 fully saturated rings. The Morgan fingerprint density at radius 1 is 1.12 bits per heavy atom. The first-order valence-electron chi connectivity index (χ1n) is 7.37. The van der Waals surface area contributed by atoms with Crippen molar-refractivity contribution >= 4 is 0 Å². The summed E-state index contributed by atoms with van der Waals surface area (Å²) in [6, 6.07) is 0.734. The van der Waals surface area contributed by atoms with Crippen molar-refractivity contribution in [3.05, 3.63) is 0 Å². The lowest BCUT2D eigenvalue weighted by Crippen LogP contribution is -2.50. The molecule has 0 radical (unpaired) electrons. The van der Waals surface area contributed by atoms with Crippen LogP contribution < -0.4 is 5.32 Å². The fraction of sp³-hybridized carbons (Fsp3) is 1.00. The van der Waals surface area contributed by atoms with Gasteiger partial charge in [-0.2, -0.15) is 0 Å². The van der Waals surface area contributed by atoms with Crippen LogP contribution in [0.2, 0.25) is 0 Å². The van der Waals surface area contributed by atoms with E-state index in [2.05, 4.69) is 36.0 Å². The molecule has 17 heavy (non-hydrogen) atoms. The summed E-state index contributed by atoms with van der Waals surface area (Å²) in [7, 11) is 2.24. The lowest BCUT2D eigenvalue weighted by atomic mass is 10.1. The van der Waals surface area contributed by atoms with Crippen LogP contribution in [0.4, 0.5) is 0 Å². The molecule has 0 amide bonds. The molecule has 0 spiro atoms. The summed E-state index contributed by atoms with van der Waals surface area (Å²) >= 11 is 0. The lowest BCUT2D eigenvalue weighted by Gasteiger charge is -2.37. The zero-order valence-corrected chi connectivity index (χ0v) is 12.0. The molecule has 3 heteroatoms. The van der Waals surface area contributed by atoms with Crippen LogP contribution in [0, 0.1) is 0 Å². The predicted octanol–water partition coefficient (Wildman–Crippen LogP) is 1.79. The van der Waals surface area contributed by atoms with Gasteiger partial charge in [-0.1, -0.05) is 19.8 Å². The van der Waals surface area contributed by atoms with Gasteiger partial charge in [0.25, 0.3) is 0 Å². The monoisotopic (exact) mass is 241 g/mol. The number of rotatable bonds is 8. The SMILES string of the molecule is CCNCCCCCCN1CCN(C)C(C)C1. The number of likely N-dealkylation sites (N-methyl/N-ethyl adjacent to an activating group) is 1. The fourth-order valence-electron chi connectivity index (χ4n) is 2.44. The van der Waals surface area contributed by atoms with E-state index in [9.17, 15) is 0 Å². The van der Waals surface area contributed by atoms with Crippen molar-refractivity contribution in [3.63, 3.8) is 0 Å². The first-order chi connectivity index (χ1) is 8.24. The molecule has 1 saturated heterocycles. The van der Waals surface area contributed by atoms with Crippen LogP contribution in [0.1, 0.15) is 39.5 Å². The van der Waals surface area contributed by atoms with Crippen LogP contribution >= 0.6 is 0 Å². The van der Waals surface area contributed by atoms with Gasteiger partial charge in [0.05, 0.1) is 0 Å². The minimum absolute atomic E-state index is 0.734. The molecule has 1 aliphatic rings. The number of nitrogens with one attached hydrogen (secondary N) is 1. The van der Waals surface area contributed by atoms with Gasteiger partial charge in [-0.25, -0.2) is 0 Å². The standard InChI is InChI=1S/C14H31N3/c1-4-15-9-7-5-6-8-10-17-12-11-16(3)14(2)13-17/h14-15H,4-13H2,1-3H3. The van der Waals surface area contributed by atoms with Gasteiger partial charge in [0.2, 0.25) is 0 Å². The zero-order valence-electron chi connectivity index (χ0n) is 12.0. The second kappa shape index (κ2) is 8.90. The molecular formula is C14H31N3. The summed E-state index contributed by atoms with van der Waals surface area (Å²) < 4.78 is 0. The molecule has 1 unspecified atom stereocenters. The Bertz CT molecular complexity index is 184. The molecule has 0 aromatic rings. The molecule has 102 valence electrons. The lowest BCUT2D eigenvalue weighted by molar-refractivity contribution is 0.104. The molecule has 0 bridgehead atoms. The Kier molecular flexibility index (Phi) is 7.82. The second-order valence-corrected chi connectivity index (χ2v) is 5.40. The number of nitrogens with zero attached hydrogens (tertiary/aromatic N) is 2. The minimum Gasteiger partial charge on any atom is -0.317 e. The van der Waals surface area contributed by atoms with Crippen LogP contribution in [0.15, 0.2) is 0 Å². The molecular weight excluding hydrogens is 210 g/mol. The van der Waals surface area contributed by atoms with E-state index in [0.717, 1.165) is 12.6 Å². The summed E-state index contributed by atoms with van der Waals surface area (Å²) in [6.07, 6.45) is 5.50. The Balaban J connectivity index is 1.92. The van der Waals surface area contributed by atoms with Gasteiger partial charge in [-0.15, -0.1) is 0 Å². The summed E-state index contributed by atoms with van der Waals surface area (Å²) in [5.41, 5.74) is 0. The maximum absolute atomic E-state index is 3.38. The average molecular weight is 241 g/mol. The number of hydrogen-bond acceptors (Lipinski definition) is 3. The van der Waals surface area contributed by atoms with Gasteiger partial charge >= 0.3 is 0 Å². The average Bonchev–Trinajstić information content (AvgIpc) is 2.32. The van der Waals surface area contributed by atoms with Crippen LogP contribution in [0.3, 0.4) is 0 Å². The van der Waals surface area contributed by atoms with Crippen LogP contribution in [-0.4, -0.2) is 62.2 Å². The van der Waals surface area contributed by atoms with Gasteiger partial charge in [-0.3, -0.25) is 0 Å². The molecule has 1 N–H and O–H groups in total. The van der Waals surface area contributed by atoms with E-state index in [4.69, 9.17) is 0 Å². The Morgan fingerprint density at radius 2 is 1.88 bits per heavy atom. The van der Waals surface area contributed by atoms with Crippen molar-refractivity contribution in [2.75, 3.05) is 46.3 Å². The number of hydrogen-bond donors (Lipinski definition) is 1. The third-order valence-corrected chi connectivity index (χ3v) is 3.87. The zero-order chi connectivity index (χ0) is 12.5. The maximum Gasteiger partial charge on any atom is 0.0192 e. The largest absolute Gasteiger partial charge is 0.317 e.